The third kappa shape index (κ3) is 8.83. The van der Waals surface area contributed by atoms with Crippen LogP contribution >= 0.6 is 0 Å². The SMILES string of the molecule is C[C@H]1CN(Cc2cc3c(cc2F)n([C@H]2CCC(=O)NC2=O)c(=O)n3C2CC2)CCN1CC1CCN(C(=O)c2ccc(C3CCN([C@@H](C)c4cc5c(-c6ccc(N)nc6)ccnc5n4C)CC3)cc2)CC1. The molecule has 0 radical (unpaired) electrons. The smallest absolute Gasteiger partial charge is 0.330 e. The van der Waals surface area contributed by atoms with Crippen LogP contribution in [0.5, 0.6) is 0 Å². The summed E-state index contributed by atoms with van der Waals surface area (Å²) in [6.45, 7) is 11.9. The number of piperidine rings is 3. The number of nitrogens with zero attached hydrogens (tertiary/aromatic N) is 9. The van der Waals surface area contributed by atoms with Crippen molar-refractivity contribution in [3.05, 3.63) is 112 Å². The molecule has 4 saturated heterocycles. The Bertz CT molecular complexity index is 3020. The molecular weight excluding hydrogens is 886 g/mol. The minimum absolute atomic E-state index is 0.0382. The van der Waals surface area contributed by atoms with E-state index in [4.69, 9.17) is 10.7 Å². The average molecular weight is 950 g/mol. The number of imidazole rings is 1. The second kappa shape index (κ2) is 18.8. The van der Waals surface area contributed by atoms with E-state index in [9.17, 15) is 19.2 Å². The third-order valence-electron chi connectivity index (χ3n) is 16.3. The fourth-order valence-corrected chi connectivity index (χ4v) is 12.1. The van der Waals surface area contributed by atoms with Gasteiger partial charge >= 0.3 is 5.69 Å². The van der Waals surface area contributed by atoms with Gasteiger partial charge in [-0.15, -0.1) is 0 Å². The van der Waals surface area contributed by atoms with Gasteiger partial charge in [0.1, 0.15) is 23.3 Å². The number of pyridine rings is 2. The maximum atomic E-state index is 15.9. The number of imide groups is 1. The molecule has 4 aliphatic heterocycles. The van der Waals surface area contributed by atoms with Gasteiger partial charge in [0.15, 0.2) is 0 Å². The van der Waals surface area contributed by atoms with E-state index in [2.05, 4.69) is 68.7 Å². The standard InChI is InChI=1S/C54H64FN11O4/c1-33-30-61(32-40-26-47-48(28-44(40)55)66(54(70)65(47)41-9-10-41)45-11-13-50(67)59-52(45)68)24-25-64(33)31-35-15-20-63(21-16-35)53(69)38-6-4-36(5-7-38)37-17-22-62(23-18-37)34(2)46-27-43-42(14-19-57-51(43)60(46)3)39-8-12-49(56)58-29-39/h4-8,12,14,19,26-29,33-35,37,41,45H,9-11,13,15-18,20-25,30-32H2,1-3H3,(H2,56,58)(H,59,67,68)/t33-,34-,45-/m0/s1. The van der Waals surface area contributed by atoms with Gasteiger partial charge in [-0.3, -0.25) is 43.5 Å². The number of likely N-dealkylation sites (tertiary alicyclic amines) is 2. The van der Waals surface area contributed by atoms with E-state index in [-0.39, 0.29) is 48.5 Å². The van der Waals surface area contributed by atoms with Crippen molar-refractivity contribution in [1.82, 2.24) is 48.6 Å². The fraction of sp³-hybridized carbons (Fsp3) is 0.481. The van der Waals surface area contributed by atoms with E-state index in [1.54, 1.807) is 4.57 Å². The summed E-state index contributed by atoms with van der Waals surface area (Å²) >= 11 is 0. The van der Waals surface area contributed by atoms with Gasteiger partial charge in [-0.05, 0) is 137 Å². The number of rotatable bonds is 11. The lowest BCUT2D eigenvalue weighted by atomic mass is 9.88. The van der Waals surface area contributed by atoms with Crippen LogP contribution in [0, 0.1) is 11.7 Å². The minimum Gasteiger partial charge on any atom is -0.384 e. The van der Waals surface area contributed by atoms with Gasteiger partial charge in [-0.25, -0.2) is 19.2 Å². The van der Waals surface area contributed by atoms with Crippen molar-refractivity contribution in [1.29, 1.82) is 0 Å². The van der Waals surface area contributed by atoms with Gasteiger partial charge in [0, 0.05) is 124 Å². The molecule has 16 heteroatoms. The monoisotopic (exact) mass is 950 g/mol. The topological polar surface area (TPSA) is 160 Å². The summed E-state index contributed by atoms with van der Waals surface area (Å²) in [6, 6.07) is 19.5. The number of amides is 3. The molecule has 15 nitrogen and oxygen atoms in total. The highest BCUT2D eigenvalue weighted by Crippen LogP contribution is 2.39. The van der Waals surface area contributed by atoms with Gasteiger partial charge in [-0.1, -0.05) is 12.1 Å². The lowest BCUT2D eigenvalue weighted by molar-refractivity contribution is -0.135. The second-order valence-electron chi connectivity index (χ2n) is 20.8. The summed E-state index contributed by atoms with van der Waals surface area (Å²) in [4.78, 5) is 70.7. The number of fused-ring (bicyclic) bond motifs is 2. The molecule has 8 heterocycles. The van der Waals surface area contributed by atoms with Gasteiger partial charge < -0.3 is 15.2 Å². The Labute approximate surface area is 407 Å². The molecule has 6 aromatic rings. The van der Waals surface area contributed by atoms with Crippen LogP contribution in [0.2, 0.25) is 0 Å². The van der Waals surface area contributed by atoms with E-state index >= 15 is 4.39 Å². The van der Waals surface area contributed by atoms with Crippen molar-refractivity contribution in [2.75, 3.05) is 58.1 Å². The van der Waals surface area contributed by atoms with Gasteiger partial charge in [0.05, 0.1) is 11.0 Å². The lowest BCUT2D eigenvalue weighted by Crippen LogP contribution is -2.53. The molecule has 11 rings (SSSR count). The molecule has 1 saturated carbocycles. The molecule has 0 unspecified atom stereocenters. The van der Waals surface area contributed by atoms with Crippen LogP contribution in [0.4, 0.5) is 10.2 Å². The fourth-order valence-electron chi connectivity index (χ4n) is 12.1. The summed E-state index contributed by atoms with van der Waals surface area (Å²) in [6.07, 6.45) is 9.85. The highest BCUT2D eigenvalue weighted by atomic mass is 19.1. The Hall–Kier alpha value is -6.23. The summed E-state index contributed by atoms with van der Waals surface area (Å²) in [5.41, 5.74) is 13.6. The Morgan fingerprint density at radius 3 is 2.31 bits per heavy atom. The zero-order chi connectivity index (χ0) is 48.4. The van der Waals surface area contributed by atoms with E-state index in [0.717, 1.165) is 119 Å². The number of hydrogen-bond donors (Lipinski definition) is 2. The Morgan fingerprint density at radius 1 is 0.857 bits per heavy atom. The Balaban J connectivity index is 0.651. The van der Waals surface area contributed by atoms with E-state index in [1.807, 2.05) is 53.7 Å². The van der Waals surface area contributed by atoms with E-state index in [1.165, 1.54) is 21.9 Å². The number of aryl methyl sites for hydroxylation is 1. The quantitative estimate of drug-likeness (QED) is 0.133. The summed E-state index contributed by atoms with van der Waals surface area (Å²) in [5.74, 6) is 0.318. The molecule has 1 aliphatic carbocycles. The van der Waals surface area contributed by atoms with Crippen LogP contribution in [0.15, 0.2) is 77.9 Å². The number of aromatic nitrogens is 5. The molecule has 70 heavy (non-hydrogen) atoms. The largest absolute Gasteiger partial charge is 0.384 e. The number of nitrogens with two attached hydrogens (primary N) is 1. The zero-order valence-corrected chi connectivity index (χ0v) is 40.5. The predicted molar refractivity (Wildman–Crippen MR) is 268 cm³/mol. The number of benzene rings is 2. The van der Waals surface area contributed by atoms with Crippen molar-refractivity contribution in [3.8, 4) is 11.1 Å². The summed E-state index contributed by atoms with van der Waals surface area (Å²) in [7, 11) is 2.11. The number of carbonyl (C=O) groups excluding carboxylic acids is 3. The van der Waals surface area contributed by atoms with Crippen molar-refractivity contribution in [3.63, 3.8) is 0 Å². The highest BCUT2D eigenvalue weighted by molar-refractivity contribution is 6.00. The van der Waals surface area contributed by atoms with Crippen LogP contribution < -0.4 is 16.7 Å². The van der Waals surface area contributed by atoms with Crippen molar-refractivity contribution < 1.29 is 18.8 Å². The first-order valence-corrected chi connectivity index (χ1v) is 25.4. The molecule has 3 amide bonds. The van der Waals surface area contributed by atoms with E-state index < -0.39 is 17.8 Å². The molecule has 5 fully saturated rings. The average Bonchev–Trinajstić information content (AvgIpc) is 4.09. The van der Waals surface area contributed by atoms with Crippen LogP contribution in [0.1, 0.15) is 116 Å². The van der Waals surface area contributed by atoms with Crippen molar-refractivity contribution in [2.24, 2.45) is 13.0 Å². The van der Waals surface area contributed by atoms with Crippen LogP contribution in [-0.2, 0) is 23.2 Å². The molecule has 0 spiro atoms. The highest BCUT2D eigenvalue weighted by Gasteiger charge is 2.37. The van der Waals surface area contributed by atoms with Crippen LogP contribution in [-0.4, -0.2) is 119 Å². The first-order chi connectivity index (χ1) is 33.9. The summed E-state index contributed by atoms with van der Waals surface area (Å²) < 4.78 is 21.3. The predicted octanol–water partition coefficient (Wildman–Crippen LogP) is 6.78. The first-order valence-electron chi connectivity index (χ1n) is 25.4. The molecule has 3 atom stereocenters. The minimum atomic E-state index is -0.842. The maximum Gasteiger partial charge on any atom is 0.330 e. The molecule has 2 aromatic carbocycles. The number of anilines is 1. The van der Waals surface area contributed by atoms with E-state index in [0.29, 0.717) is 40.8 Å². The Morgan fingerprint density at radius 2 is 1.61 bits per heavy atom. The van der Waals surface area contributed by atoms with Crippen molar-refractivity contribution >= 4 is 45.6 Å². The number of carbonyl (C=O) groups is 3. The van der Waals surface area contributed by atoms with Gasteiger partial charge in [-0.2, -0.15) is 0 Å². The molecule has 5 aliphatic rings. The third-order valence-corrected chi connectivity index (χ3v) is 16.3. The number of nitrogens with one attached hydrogen (secondary N) is 1. The number of piperazine rings is 1. The Kier molecular flexibility index (Phi) is 12.4. The van der Waals surface area contributed by atoms with Crippen LogP contribution in [0.3, 0.4) is 0 Å². The second-order valence-corrected chi connectivity index (χ2v) is 20.8. The molecule has 3 N–H and O–H groups in total. The van der Waals surface area contributed by atoms with Crippen molar-refractivity contribution in [2.45, 2.75) is 102 Å². The maximum absolute atomic E-state index is 15.9. The molecular formula is C54H64FN11O4. The van der Waals surface area contributed by atoms with Crippen LogP contribution in [0.25, 0.3) is 33.2 Å². The molecule has 366 valence electrons. The normalized spacial score (nSPS) is 22.0. The number of hydrogen-bond acceptors (Lipinski definition) is 10. The molecule has 0 bridgehead atoms. The van der Waals surface area contributed by atoms with Gasteiger partial charge in [0.25, 0.3) is 5.91 Å². The number of halogens is 1. The number of nitrogen functional groups attached to an aromatic ring is 1. The lowest BCUT2D eigenvalue weighted by Gasteiger charge is -2.42. The zero-order valence-electron chi connectivity index (χ0n) is 40.5. The first kappa shape index (κ1) is 46.2. The summed E-state index contributed by atoms with van der Waals surface area (Å²) in [5, 5.41) is 3.47. The van der Waals surface area contributed by atoms with Gasteiger partial charge in [0.2, 0.25) is 11.8 Å². The molecule has 4 aromatic heterocycles.